The molecule has 0 unspecified atom stereocenters. The highest BCUT2D eigenvalue weighted by molar-refractivity contribution is 6.31. The van der Waals surface area contributed by atoms with Crippen molar-refractivity contribution in [3.8, 4) is 5.75 Å². The number of phenolic OH excluding ortho intramolecular Hbond substituents is 1. The van der Waals surface area contributed by atoms with E-state index < -0.39 is 35.6 Å². The molecule has 2 aromatic rings. The lowest BCUT2D eigenvalue weighted by molar-refractivity contribution is -0.274. The molecule has 1 aliphatic carbocycles. The van der Waals surface area contributed by atoms with Crippen molar-refractivity contribution in [3.05, 3.63) is 64.7 Å². The molecule has 6 atom stereocenters. The molecule has 38 heavy (non-hydrogen) atoms. The normalized spacial score (nSPS) is 34.0. The van der Waals surface area contributed by atoms with Crippen molar-refractivity contribution < 1.29 is 29.6 Å². The quantitative estimate of drug-likeness (QED) is 0.500. The number of aliphatic hydroxyl groups is 2. The number of rotatable bonds is 5. The summed E-state index contributed by atoms with van der Waals surface area (Å²) in [6.45, 7) is 2.07. The lowest BCUT2D eigenvalue weighted by Gasteiger charge is -2.44. The summed E-state index contributed by atoms with van der Waals surface area (Å²) in [7, 11) is 0. The van der Waals surface area contributed by atoms with Gasteiger partial charge in [-0.1, -0.05) is 48.0 Å². The first kappa shape index (κ1) is 25.8. The number of carbonyl (C=O) groups is 2. The van der Waals surface area contributed by atoms with E-state index in [0.717, 1.165) is 19.6 Å². The molecular formula is C29H33ClN2O6. The average molecular weight is 541 g/mol. The lowest BCUT2D eigenvalue weighted by Crippen LogP contribution is -2.54. The van der Waals surface area contributed by atoms with Gasteiger partial charge in [0.15, 0.2) is 5.79 Å². The van der Waals surface area contributed by atoms with Gasteiger partial charge in [0.25, 0.3) is 0 Å². The van der Waals surface area contributed by atoms with E-state index in [1.165, 1.54) is 22.6 Å². The van der Waals surface area contributed by atoms with E-state index in [1.54, 1.807) is 6.07 Å². The van der Waals surface area contributed by atoms with Crippen molar-refractivity contribution in [2.24, 2.45) is 23.7 Å². The molecule has 3 heterocycles. The third-order valence-electron chi connectivity index (χ3n) is 9.12. The van der Waals surface area contributed by atoms with Crippen molar-refractivity contribution in [3.63, 3.8) is 0 Å². The van der Waals surface area contributed by atoms with Gasteiger partial charge in [0, 0.05) is 37.5 Å². The summed E-state index contributed by atoms with van der Waals surface area (Å²) in [6.07, 6.45) is 1.29. The standard InChI is InChI=1S/C29H33ClN2O6/c30-24-13-20(34)6-7-21(24)25-14-23-26-22(12-18(16-33)29(23,37)38-25)27(35)32(28(26)36)19-8-10-31(11-9-19)15-17-4-2-1-3-5-17/h1-7,13,18-19,22-23,25-26,33-34,37H,8-12,14-16H2/t18-,22+,23+,25+,26+,29-/m1/s1. The third-order valence-corrected chi connectivity index (χ3v) is 9.45. The van der Waals surface area contributed by atoms with E-state index in [4.69, 9.17) is 16.3 Å². The van der Waals surface area contributed by atoms with E-state index in [0.29, 0.717) is 29.8 Å². The minimum Gasteiger partial charge on any atom is -0.508 e. The number of fused-ring (bicyclic) bond motifs is 3. The Hall–Kier alpha value is -2.49. The number of ether oxygens (including phenoxy) is 1. The minimum atomic E-state index is -1.74. The molecule has 3 saturated heterocycles. The fraction of sp³-hybridized carbons (Fsp3) is 0.517. The van der Waals surface area contributed by atoms with Crippen molar-refractivity contribution in [1.82, 2.24) is 9.80 Å². The van der Waals surface area contributed by atoms with Crippen LogP contribution in [0.3, 0.4) is 0 Å². The second-order valence-corrected chi connectivity index (χ2v) is 11.6. The van der Waals surface area contributed by atoms with Gasteiger partial charge < -0.3 is 20.1 Å². The fourth-order valence-corrected chi connectivity index (χ4v) is 7.52. The lowest BCUT2D eigenvalue weighted by atomic mass is 9.64. The van der Waals surface area contributed by atoms with Gasteiger partial charge in [-0.25, -0.2) is 0 Å². The summed E-state index contributed by atoms with van der Waals surface area (Å²) >= 11 is 6.37. The van der Waals surface area contributed by atoms with Gasteiger partial charge in [0.1, 0.15) is 5.75 Å². The molecule has 4 fully saturated rings. The van der Waals surface area contributed by atoms with Gasteiger partial charge in [-0.2, -0.15) is 0 Å². The number of nitrogens with zero attached hydrogens (tertiary/aromatic N) is 2. The van der Waals surface area contributed by atoms with Crippen molar-refractivity contribution in [2.75, 3.05) is 19.7 Å². The van der Waals surface area contributed by atoms with Gasteiger partial charge >= 0.3 is 0 Å². The minimum absolute atomic E-state index is 0.0169. The molecular weight excluding hydrogens is 508 g/mol. The second-order valence-electron chi connectivity index (χ2n) is 11.2. The number of hydrogen-bond acceptors (Lipinski definition) is 7. The molecule has 0 spiro atoms. The Balaban J connectivity index is 1.21. The maximum atomic E-state index is 13.9. The number of piperidine rings is 1. The summed E-state index contributed by atoms with van der Waals surface area (Å²) in [6, 6.07) is 14.6. The number of carbonyl (C=O) groups excluding carboxylic acids is 2. The molecule has 0 bridgehead atoms. The van der Waals surface area contributed by atoms with Crippen LogP contribution in [0.15, 0.2) is 48.5 Å². The van der Waals surface area contributed by atoms with Crippen LogP contribution in [-0.2, 0) is 20.9 Å². The van der Waals surface area contributed by atoms with Gasteiger partial charge in [0.2, 0.25) is 11.8 Å². The Kier molecular flexibility index (Phi) is 6.73. The summed E-state index contributed by atoms with van der Waals surface area (Å²) in [4.78, 5) is 31.3. The first-order chi connectivity index (χ1) is 18.3. The SMILES string of the molecule is O=C1[C@H]2[C@H](C[C@H](CO)[C@@]3(O)O[C@H](c4ccc(O)cc4Cl)C[C@@H]23)C(=O)N1C1CCN(Cc2ccccc2)CC1. The molecule has 0 radical (unpaired) electrons. The maximum Gasteiger partial charge on any atom is 0.233 e. The van der Waals surface area contributed by atoms with Crippen LogP contribution in [0.2, 0.25) is 5.02 Å². The number of phenols is 1. The van der Waals surface area contributed by atoms with Crippen LogP contribution in [-0.4, -0.2) is 68.5 Å². The predicted molar refractivity (Wildman–Crippen MR) is 139 cm³/mol. The summed E-state index contributed by atoms with van der Waals surface area (Å²) < 4.78 is 6.15. The van der Waals surface area contributed by atoms with E-state index >= 15 is 0 Å². The van der Waals surface area contributed by atoms with Gasteiger partial charge in [0.05, 0.1) is 29.6 Å². The predicted octanol–water partition coefficient (Wildman–Crippen LogP) is 3.09. The molecule has 8 nitrogen and oxygen atoms in total. The number of aromatic hydroxyl groups is 1. The number of imide groups is 1. The first-order valence-corrected chi connectivity index (χ1v) is 13.8. The number of halogens is 1. The molecule has 3 aliphatic heterocycles. The first-order valence-electron chi connectivity index (χ1n) is 13.4. The van der Waals surface area contributed by atoms with Crippen molar-refractivity contribution >= 4 is 23.4 Å². The zero-order valence-electron chi connectivity index (χ0n) is 21.1. The smallest absolute Gasteiger partial charge is 0.233 e. The number of amides is 2. The second kappa shape index (κ2) is 9.92. The molecule has 9 heteroatoms. The van der Waals surface area contributed by atoms with Crippen molar-refractivity contribution in [1.29, 1.82) is 0 Å². The molecule has 0 aromatic heterocycles. The molecule has 6 rings (SSSR count). The third kappa shape index (κ3) is 4.23. The van der Waals surface area contributed by atoms with Crippen LogP contribution in [0.25, 0.3) is 0 Å². The van der Waals surface area contributed by atoms with Gasteiger partial charge in [-0.05, 0) is 48.9 Å². The fourth-order valence-electron chi connectivity index (χ4n) is 7.22. The number of aliphatic hydroxyl groups excluding tert-OH is 1. The Bertz CT molecular complexity index is 1220. The molecule has 2 aromatic carbocycles. The molecule has 202 valence electrons. The molecule has 2 amide bonds. The topological polar surface area (TPSA) is 111 Å². The van der Waals surface area contributed by atoms with Crippen LogP contribution in [0.4, 0.5) is 0 Å². The number of hydrogen-bond donors (Lipinski definition) is 3. The Labute approximate surface area is 226 Å². The van der Waals surface area contributed by atoms with Crippen LogP contribution < -0.4 is 0 Å². The molecule has 4 aliphatic rings. The van der Waals surface area contributed by atoms with Crippen molar-refractivity contribution in [2.45, 2.75) is 50.2 Å². The molecule has 1 saturated carbocycles. The monoisotopic (exact) mass is 540 g/mol. The highest BCUT2D eigenvalue weighted by Crippen LogP contribution is 2.59. The Morgan fingerprint density at radius 3 is 2.45 bits per heavy atom. The van der Waals surface area contributed by atoms with Crippen LogP contribution in [0.5, 0.6) is 5.75 Å². The zero-order chi connectivity index (χ0) is 26.6. The Morgan fingerprint density at radius 1 is 1.03 bits per heavy atom. The highest BCUT2D eigenvalue weighted by atomic mass is 35.5. The van der Waals surface area contributed by atoms with E-state index in [9.17, 15) is 24.9 Å². The van der Waals surface area contributed by atoms with E-state index in [1.807, 2.05) is 18.2 Å². The van der Waals surface area contributed by atoms with Crippen LogP contribution in [0, 0.1) is 23.7 Å². The Morgan fingerprint density at radius 2 is 1.76 bits per heavy atom. The summed E-state index contributed by atoms with van der Waals surface area (Å²) in [5, 5.41) is 31.9. The largest absolute Gasteiger partial charge is 0.508 e. The molecule has 3 N–H and O–H groups in total. The average Bonchev–Trinajstić information content (AvgIpc) is 3.38. The zero-order valence-corrected chi connectivity index (χ0v) is 21.8. The van der Waals surface area contributed by atoms with Crippen LogP contribution in [0.1, 0.15) is 42.9 Å². The van der Waals surface area contributed by atoms with Gasteiger partial charge in [-0.15, -0.1) is 0 Å². The number of benzene rings is 2. The van der Waals surface area contributed by atoms with E-state index in [-0.39, 0.29) is 36.6 Å². The van der Waals surface area contributed by atoms with Crippen LogP contribution >= 0.6 is 11.6 Å². The summed E-state index contributed by atoms with van der Waals surface area (Å²) in [5.41, 5.74) is 1.84. The maximum absolute atomic E-state index is 13.9. The summed E-state index contributed by atoms with van der Waals surface area (Å²) in [5.74, 6) is -4.76. The highest BCUT2D eigenvalue weighted by Gasteiger charge is 2.67. The van der Waals surface area contributed by atoms with E-state index in [2.05, 4.69) is 17.0 Å². The number of likely N-dealkylation sites (tertiary alicyclic amines) is 2. The van der Waals surface area contributed by atoms with Gasteiger partial charge in [-0.3, -0.25) is 19.4 Å².